The molecule has 1 unspecified atom stereocenters. The zero-order valence-corrected chi connectivity index (χ0v) is 10.2. The van der Waals surface area contributed by atoms with Gasteiger partial charge in [0.25, 0.3) is 0 Å². The summed E-state index contributed by atoms with van der Waals surface area (Å²) in [5.74, 6) is 0. The second-order valence-corrected chi connectivity index (χ2v) is 5.06. The van der Waals surface area contributed by atoms with E-state index in [4.69, 9.17) is 9.63 Å². The van der Waals surface area contributed by atoms with E-state index in [-0.39, 0.29) is 19.9 Å². The van der Waals surface area contributed by atoms with Gasteiger partial charge < -0.3 is 9.63 Å². The number of aliphatic hydroxyl groups excluding tert-OH is 1. The Balaban J connectivity index is 4.70. The molecule has 0 aliphatic heterocycles. The fourth-order valence-electron chi connectivity index (χ4n) is 0.958. The predicted octanol–water partition coefficient (Wildman–Crippen LogP) is 1.51. The lowest BCUT2D eigenvalue weighted by molar-refractivity contribution is 0.161. The fraction of sp³-hybridized carbons (Fsp3) is 0.400. The molecule has 16 heavy (non-hydrogen) atoms. The average Bonchev–Trinajstić information content (AvgIpc) is 2.30. The second-order valence-electron chi connectivity index (χ2n) is 2.87. The monoisotopic (exact) mass is 246 g/mol. The van der Waals surface area contributed by atoms with Crippen LogP contribution in [0.4, 0.5) is 0 Å². The van der Waals surface area contributed by atoms with Crippen LogP contribution in [0.3, 0.4) is 0 Å². The van der Waals surface area contributed by atoms with Gasteiger partial charge in [-0.25, -0.2) is 5.09 Å². The minimum Gasteiger partial charge on any atom is -0.381 e. The van der Waals surface area contributed by atoms with Gasteiger partial charge in [-0.05, 0) is 0 Å². The van der Waals surface area contributed by atoms with E-state index in [0.29, 0.717) is 6.54 Å². The Hall–Kier alpha value is -0.710. The van der Waals surface area contributed by atoms with Crippen LogP contribution >= 0.6 is 7.67 Å². The first-order valence-electron chi connectivity index (χ1n) is 4.83. The summed E-state index contributed by atoms with van der Waals surface area (Å²) in [6.45, 7) is 10.8. The average molecular weight is 246 g/mol. The van der Waals surface area contributed by atoms with Gasteiger partial charge in [0.05, 0.1) is 6.61 Å². The maximum absolute atomic E-state index is 12.3. The van der Waals surface area contributed by atoms with Crippen LogP contribution in [0.5, 0.6) is 0 Å². The molecule has 0 fully saturated rings. The molecule has 0 amide bonds. The third kappa shape index (κ3) is 4.88. The Morgan fingerprint density at radius 2 is 2.00 bits per heavy atom. The van der Waals surface area contributed by atoms with Crippen LogP contribution in [0, 0.1) is 0 Å². The van der Waals surface area contributed by atoms with E-state index in [1.54, 1.807) is 6.08 Å². The minimum atomic E-state index is -3.26. The summed E-state index contributed by atoms with van der Waals surface area (Å²) in [4.78, 5) is 0. The maximum Gasteiger partial charge on any atom is 0.346 e. The highest BCUT2D eigenvalue weighted by atomic mass is 31.2. The molecule has 0 aliphatic carbocycles. The smallest absolute Gasteiger partial charge is 0.346 e. The highest BCUT2D eigenvalue weighted by Gasteiger charge is 2.29. The first-order chi connectivity index (χ1) is 7.64. The largest absolute Gasteiger partial charge is 0.381 e. The molecule has 0 aliphatic rings. The lowest BCUT2D eigenvalue weighted by Gasteiger charge is -2.28. The Morgan fingerprint density at radius 1 is 1.31 bits per heavy atom. The molecule has 1 atom stereocenters. The maximum atomic E-state index is 12.3. The normalized spacial score (nSPS) is 14.4. The van der Waals surface area contributed by atoms with Gasteiger partial charge >= 0.3 is 7.67 Å². The lowest BCUT2D eigenvalue weighted by Crippen LogP contribution is -2.30. The molecule has 0 radical (unpaired) electrons. The molecule has 0 saturated heterocycles. The Kier molecular flexibility index (Phi) is 8.07. The van der Waals surface area contributed by atoms with Crippen LogP contribution in [-0.4, -0.2) is 36.2 Å². The standard InChI is InChI=1S/C10H19N2O3P/c1-4-7-11-16(14,15-9-6-3)12(10-13)8-5-2/h4-6,13H,1-3,7-10H2,(H,11,14). The number of hydrogen-bond donors (Lipinski definition) is 2. The molecular weight excluding hydrogens is 227 g/mol. The van der Waals surface area contributed by atoms with Crippen molar-refractivity contribution < 1.29 is 14.2 Å². The number of aliphatic hydroxyl groups is 1. The first-order valence-corrected chi connectivity index (χ1v) is 6.41. The summed E-state index contributed by atoms with van der Waals surface area (Å²) in [6.07, 6.45) is 4.59. The van der Waals surface area contributed by atoms with Crippen LogP contribution in [0.2, 0.25) is 0 Å². The Bertz CT molecular complexity index is 265. The van der Waals surface area contributed by atoms with Crippen LogP contribution in [0.1, 0.15) is 0 Å². The van der Waals surface area contributed by atoms with E-state index in [1.165, 1.54) is 16.8 Å². The van der Waals surface area contributed by atoms with E-state index >= 15 is 0 Å². The van der Waals surface area contributed by atoms with E-state index in [0.717, 1.165) is 0 Å². The summed E-state index contributed by atoms with van der Waals surface area (Å²) in [5, 5.41) is 11.8. The van der Waals surface area contributed by atoms with Gasteiger partial charge in [0.15, 0.2) is 0 Å². The van der Waals surface area contributed by atoms with Crippen molar-refractivity contribution in [3.05, 3.63) is 38.0 Å². The van der Waals surface area contributed by atoms with Gasteiger partial charge in [0.2, 0.25) is 0 Å². The Labute approximate surface area is 96.7 Å². The van der Waals surface area contributed by atoms with E-state index in [9.17, 15) is 4.57 Å². The lowest BCUT2D eigenvalue weighted by atomic mass is 10.6. The molecule has 2 N–H and O–H groups in total. The van der Waals surface area contributed by atoms with Crippen LogP contribution < -0.4 is 5.09 Å². The summed E-state index contributed by atoms with van der Waals surface area (Å²) in [6, 6.07) is 0. The molecular formula is C10H19N2O3P. The van der Waals surface area contributed by atoms with Gasteiger partial charge in [-0.15, -0.1) is 19.7 Å². The number of hydrogen-bond acceptors (Lipinski definition) is 3. The fourth-order valence-corrected chi connectivity index (χ4v) is 2.58. The van der Waals surface area contributed by atoms with Crippen molar-refractivity contribution in [2.75, 3.05) is 26.4 Å². The van der Waals surface area contributed by atoms with Crippen LogP contribution in [0.25, 0.3) is 0 Å². The number of rotatable bonds is 10. The van der Waals surface area contributed by atoms with E-state index in [1.807, 2.05) is 0 Å². The van der Waals surface area contributed by atoms with Gasteiger partial charge in [-0.3, -0.25) is 4.57 Å². The molecule has 92 valence electrons. The highest BCUT2D eigenvalue weighted by molar-refractivity contribution is 7.54. The molecule has 5 nitrogen and oxygen atoms in total. The quantitative estimate of drug-likeness (QED) is 0.347. The van der Waals surface area contributed by atoms with Crippen molar-refractivity contribution >= 4 is 7.67 Å². The SMILES string of the molecule is C=CCNP(=O)(OCC=C)N(CO)CC=C. The highest BCUT2D eigenvalue weighted by Crippen LogP contribution is 2.45. The molecule has 0 heterocycles. The van der Waals surface area contributed by atoms with Crippen LogP contribution in [0.15, 0.2) is 38.0 Å². The van der Waals surface area contributed by atoms with Gasteiger partial charge in [0.1, 0.15) is 6.73 Å². The summed E-state index contributed by atoms with van der Waals surface area (Å²) >= 11 is 0. The minimum absolute atomic E-state index is 0.134. The molecule has 0 bridgehead atoms. The number of nitrogens with one attached hydrogen (secondary N) is 1. The third-order valence-corrected chi connectivity index (χ3v) is 3.79. The second kappa shape index (κ2) is 8.44. The molecule has 0 aromatic carbocycles. The Morgan fingerprint density at radius 3 is 2.44 bits per heavy atom. The summed E-state index contributed by atoms with van der Waals surface area (Å²) < 4.78 is 18.8. The van der Waals surface area contributed by atoms with Crippen molar-refractivity contribution in [2.45, 2.75) is 0 Å². The predicted molar refractivity (Wildman–Crippen MR) is 65.9 cm³/mol. The summed E-state index contributed by atoms with van der Waals surface area (Å²) in [7, 11) is -3.26. The van der Waals surface area contributed by atoms with Crippen molar-refractivity contribution in [3.8, 4) is 0 Å². The zero-order chi connectivity index (χ0) is 12.4. The molecule has 0 aromatic heterocycles. The van der Waals surface area contributed by atoms with E-state index < -0.39 is 7.67 Å². The van der Waals surface area contributed by atoms with Crippen molar-refractivity contribution in [2.24, 2.45) is 0 Å². The molecule has 0 spiro atoms. The van der Waals surface area contributed by atoms with Gasteiger partial charge in [-0.1, -0.05) is 18.2 Å². The number of nitrogens with zero attached hydrogens (tertiary/aromatic N) is 1. The molecule has 6 heteroatoms. The van der Waals surface area contributed by atoms with Gasteiger partial charge in [-0.2, -0.15) is 4.67 Å². The van der Waals surface area contributed by atoms with Gasteiger partial charge in [0, 0.05) is 13.1 Å². The van der Waals surface area contributed by atoms with Crippen molar-refractivity contribution in [3.63, 3.8) is 0 Å². The van der Waals surface area contributed by atoms with Crippen LogP contribution in [-0.2, 0) is 9.09 Å². The first kappa shape index (κ1) is 15.3. The molecule has 0 rings (SSSR count). The van der Waals surface area contributed by atoms with Crippen molar-refractivity contribution in [1.29, 1.82) is 0 Å². The summed E-state index contributed by atoms with van der Waals surface area (Å²) in [5.41, 5.74) is 0. The zero-order valence-electron chi connectivity index (χ0n) is 9.34. The van der Waals surface area contributed by atoms with E-state index in [2.05, 4.69) is 24.8 Å². The topological polar surface area (TPSA) is 61.8 Å². The third-order valence-electron chi connectivity index (χ3n) is 1.68. The van der Waals surface area contributed by atoms with Crippen molar-refractivity contribution in [1.82, 2.24) is 9.76 Å². The molecule has 0 saturated carbocycles. The molecule has 0 aromatic rings.